The highest BCUT2D eigenvalue weighted by Crippen LogP contribution is 2.35. The molecule has 2 aliphatic rings. The van der Waals surface area contributed by atoms with E-state index in [4.69, 9.17) is 14.0 Å². The second-order valence-electron chi connectivity index (χ2n) is 8.87. The molecule has 0 radical (unpaired) electrons. The van der Waals surface area contributed by atoms with Crippen molar-refractivity contribution in [2.45, 2.75) is 26.8 Å². The molecule has 1 saturated heterocycles. The van der Waals surface area contributed by atoms with Crippen LogP contribution < -0.4 is 19.7 Å². The van der Waals surface area contributed by atoms with Crippen molar-refractivity contribution in [1.29, 1.82) is 0 Å². The molecule has 1 aromatic heterocycles. The van der Waals surface area contributed by atoms with Gasteiger partial charge in [-0.3, -0.25) is 4.90 Å². The Kier molecular flexibility index (Phi) is 6.51. The monoisotopic (exact) mass is 448 g/mol. The summed E-state index contributed by atoms with van der Waals surface area (Å²) in [6.07, 6.45) is 1.12. The van der Waals surface area contributed by atoms with Crippen LogP contribution in [0.4, 0.5) is 5.69 Å². The van der Waals surface area contributed by atoms with Crippen LogP contribution in [0.3, 0.4) is 0 Å². The zero-order chi connectivity index (χ0) is 22.6. The number of piperazine rings is 1. The summed E-state index contributed by atoms with van der Waals surface area (Å²) in [7, 11) is 0. The maximum absolute atomic E-state index is 5.50. The number of ether oxygens (including phenoxy) is 2. The van der Waals surface area contributed by atoms with Gasteiger partial charge in [0.25, 0.3) is 0 Å². The average Bonchev–Trinajstić information content (AvgIpc) is 3.50. The van der Waals surface area contributed by atoms with Gasteiger partial charge in [-0.15, -0.1) is 0 Å². The molecule has 0 bridgehead atoms. The number of hydrogen-bond donors (Lipinski definition) is 1. The van der Waals surface area contributed by atoms with Crippen molar-refractivity contribution in [1.82, 2.24) is 15.4 Å². The van der Waals surface area contributed by atoms with Gasteiger partial charge in [0.05, 0.1) is 6.54 Å². The fraction of sp³-hybridized carbons (Fsp3) is 0.423. The third-order valence-electron chi connectivity index (χ3n) is 6.58. The molecule has 7 nitrogen and oxygen atoms in total. The molecule has 174 valence electrons. The topological polar surface area (TPSA) is 63.0 Å². The Morgan fingerprint density at radius 3 is 2.61 bits per heavy atom. The third kappa shape index (κ3) is 5.15. The lowest BCUT2D eigenvalue weighted by Crippen LogP contribution is -2.47. The molecular formula is C26H32N4O3. The first-order chi connectivity index (χ1) is 16.2. The summed E-state index contributed by atoms with van der Waals surface area (Å²) in [5, 5.41) is 7.68. The predicted molar refractivity (Wildman–Crippen MR) is 129 cm³/mol. The third-order valence-corrected chi connectivity index (χ3v) is 6.58. The van der Waals surface area contributed by atoms with E-state index in [1.165, 1.54) is 16.8 Å². The smallest absolute Gasteiger partial charge is 0.231 e. The van der Waals surface area contributed by atoms with Gasteiger partial charge < -0.3 is 24.2 Å². The van der Waals surface area contributed by atoms with Crippen LogP contribution in [0.5, 0.6) is 11.5 Å². The van der Waals surface area contributed by atoms with Gasteiger partial charge in [-0.05, 0) is 74.8 Å². The molecule has 2 aromatic carbocycles. The molecule has 3 heterocycles. The van der Waals surface area contributed by atoms with E-state index in [1.807, 2.05) is 24.3 Å². The van der Waals surface area contributed by atoms with Crippen LogP contribution in [0.1, 0.15) is 23.3 Å². The summed E-state index contributed by atoms with van der Waals surface area (Å²) in [5.41, 5.74) is 5.86. The zero-order valence-electron chi connectivity index (χ0n) is 19.5. The van der Waals surface area contributed by atoms with Crippen molar-refractivity contribution < 1.29 is 14.0 Å². The van der Waals surface area contributed by atoms with Crippen molar-refractivity contribution >= 4 is 5.69 Å². The van der Waals surface area contributed by atoms with Gasteiger partial charge in [-0.25, -0.2) is 0 Å². The molecular weight excluding hydrogens is 416 g/mol. The van der Waals surface area contributed by atoms with Crippen molar-refractivity contribution in [2.24, 2.45) is 0 Å². The summed E-state index contributed by atoms with van der Waals surface area (Å²) >= 11 is 0. The highest BCUT2D eigenvalue weighted by molar-refractivity contribution is 5.64. The fourth-order valence-corrected chi connectivity index (χ4v) is 4.38. The Morgan fingerprint density at radius 1 is 0.909 bits per heavy atom. The summed E-state index contributed by atoms with van der Waals surface area (Å²) in [6, 6.07) is 14.6. The SMILES string of the molecule is Cc1ccc(N2CCN(CCCNCc3cc(-c4ccc5c(c4)OCO5)no3)CC2)cc1C. The van der Waals surface area contributed by atoms with Gasteiger partial charge >= 0.3 is 0 Å². The zero-order valence-corrected chi connectivity index (χ0v) is 19.5. The minimum Gasteiger partial charge on any atom is -0.454 e. The van der Waals surface area contributed by atoms with Gasteiger partial charge in [0, 0.05) is 43.5 Å². The maximum Gasteiger partial charge on any atom is 0.231 e. The lowest BCUT2D eigenvalue weighted by atomic mass is 10.1. The van der Waals surface area contributed by atoms with Crippen molar-refractivity contribution in [3.05, 3.63) is 59.4 Å². The minimum atomic E-state index is 0.273. The first-order valence-electron chi connectivity index (χ1n) is 11.8. The lowest BCUT2D eigenvalue weighted by molar-refractivity contribution is 0.174. The Hall–Kier alpha value is -3.03. The van der Waals surface area contributed by atoms with Crippen LogP contribution in [0, 0.1) is 13.8 Å². The standard InChI is InChI=1S/C26H32N4O3/c1-19-4-6-22(14-20(19)2)30-12-10-29(11-13-30)9-3-8-27-17-23-16-24(28-33-23)21-5-7-25-26(15-21)32-18-31-25/h4-7,14-16,27H,3,8-13,17-18H2,1-2H3. The van der Waals surface area contributed by atoms with Gasteiger partial charge in [-0.2, -0.15) is 0 Å². The lowest BCUT2D eigenvalue weighted by Gasteiger charge is -2.36. The number of aromatic nitrogens is 1. The van der Waals surface area contributed by atoms with Crippen LogP contribution in [-0.2, 0) is 6.54 Å². The fourth-order valence-electron chi connectivity index (χ4n) is 4.38. The van der Waals surface area contributed by atoms with E-state index in [9.17, 15) is 0 Å². The summed E-state index contributed by atoms with van der Waals surface area (Å²) in [4.78, 5) is 5.06. The van der Waals surface area contributed by atoms with Gasteiger partial charge in [0.1, 0.15) is 5.69 Å². The number of anilines is 1. The Balaban J connectivity index is 1.01. The van der Waals surface area contributed by atoms with Gasteiger partial charge in [0.15, 0.2) is 17.3 Å². The van der Waals surface area contributed by atoms with Crippen molar-refractivity contribution in [2.75, 3.05) is 51.0 Å². The summed E-state index contributed by atoms with van der Waals surface area (Å²) in [6.45, 7) is 11.8. The number of benzene rings is 2. The molecule has 7 heteroatoms. The van der Waals surface area contributed by atoms with E-state index in [2.05, 4.69) is 52.3 Å². The van der Waals surface area contributed by atoms with Crippen LogP contribution in [0.15, 0.2) is 47.0 Å². The largest absolute Gasteiger partial charge is 0.454 e. The molecule has 1 N–H and O–H groups in total. The van der Waals surface area contributed by atoms with E-state index in [1.54, 1.807) is 0 Å². The number of fused-ring (bicyclic) bond motifs is 1. The average molecular weight is 449 g/mol. The predicted octanol–water partition coefficient (Wildman–Crippen LogP) is 3.99. The van der Waals surface area contributed by atoms with Crippen LogP contribution >= 0.6 is 0 Å². The maximum atomic E-state index is 5.50. The number of hydrogen-bond acceptors (Lipinski definition) is 7. The second kappa shape index (κ2) is 9.85. The van der Waals surface area contributed by atoms with Crippen LogP contribution in [-0.4, -0.2) is 56.1 Å². The minimum absolute atomic E-state index is 0.273. The van der Waals surface area contributed by atoms with E-state index >= 15 is 0 Å². The summed E-state index contributed by atoms with van der Waals surface area (Å²) < 4.78 is 16.3. The van der Waals surface area contributed by atoms with E-state index < -0.39 is 0 Å². The van der Waals surface area contributed by atoms with E-state index in [0.717, 1.165) is 74.2 Å². The molecule has 0 amide bonds. The highest BCUT2D eigenvalue weighted by atomic mass is 16.7. The molecule has 33 heavy (non-hydrogen) atoms. The van der Waals surface area contributed by atoms with E-state index in [0.29, 0.717) is 6.54 Å². The first kappa shape index (κ1) is 21.8. The Bertz CT molecular complexity index is 1090. The van der Waals surface area contributed by atoms with Gasteiger partial charge in [0.2, 0.25) is 6.79 Å². The number of aryl methyl sites for hydroxylation is 2. The van der Waals surface area contributed by atoms with Crippen molar-refractivity contribution in [3.63, 3.8) is 0 Å². The second-order valence-corrected chi connectivity index (χ2v) is 8.87. The Morgan fingerprint density at radius 2 is 1.76 bits per heavy atom. The number of rotatable bonds is 8. The molecule has 1 fully saturated rings. The highest BCUT2D eigenvalue weighted by Gasteiger charge is 2.18. The molecule has 2 aliphatic heterocycles. The summed E-state index contributed by atoms with van der Waals surface area (Å²) in [5.74, 6) is 2.37. The quantitative estimate of drug-likeness (QED) is 0.523. The number of nitrogens with one attached hydrogen (secondary N) is 1. The van der Waals surface area contributed by atoms with Crippen molar-refractivity contribution in [3.8, 4) is 22.8 Å². The molecule has 3 aromatic rings. The van der Waals surface area contributed by atoms with Crippen LogP contribution in [0.2, 0.25) is 0 Å². The normalized spacial score (nSPS) is 15.9. The van der Waals surface area contributed by atoms with E-state index in [-0.39, 0.29) is 6.79 Å². The molecule has 5 rings (SSSR count). The first-order valence-corrected chi connectivity index (χ1v) is 11.8. The number of nitrogens with zero attached hydrogens (tertiary/aromatic N) is 3. The molecule has 0 saturated carbocycles. The molecule has 0 atom stereocenters. The molecule has 0 aliphatic carbocycles. The van der Waals surface area contributed by atoms with Gasteiger partial charge in [-0.1, -0.05) is 11.2 Å². The van der Waals surface area contributed by atoms with Crippen LogP contribution in [0.25, 0.3) is 11.3 Å². The Labute approximate surface area is 195 Å². The molecule has 0 unspecified atom stereocenters. The molecule has 0 spiro atoms.